The third kappa shape index (κ3) is 2.37. The summed E-state index contributed by atoms with van der Waals surface area (Å²) in [5.41, 5.74) is 3.37. The van der Waals surface area contributed by atoms with Crippen LogP contribution in [0, 0.1) is 0 Å². The highest BCUT2D eigenvalue weighted by Crippen LogP contribution is 2.42. The van der Waals surface area contributed by atoms with Crippen molar-refractivity contribution in [2.45, 2.75) is 32.6 Å². The van der Waals surface area contributed by atoms with Crippen molar-refractivity contribution in [2.24, 2.45) is 0 Å². The van der Waals surface area contributed by atoms with Crippen LogP contribution in [-0.2, 0) is 0 Å². The van der Waals surface area contributed by atoms with Crippen LogP contribution in [0.25, 0.3) is 10.9 Å². The molecule has 1 aromatic carbocycles. The molecule has 100 valence electrons. The van der Waals surface area contributed by atoms with E-state index in [-0.39, 0.29) is 0 Å². The number of ether oxygens (including phenoxy) is 1. The molecule has 1 aliphatic rings. The second-order valence-corrected chi connectivity index (χ2v) is 4.98. The molecule has 0 bridgehead atoms. The molecular formula is C16H20N2O. The van der Waals surface area contributed by atoms with E-state index >= 15 is 0 Å². The molecule has 0 amide bonds. The SMILES string of the molecule is CCNc1cc(C2CC2)nc2c(OCC)cccc12. The number of benzene rings is 1. The summed E-state index contributed by atoms with van der Waals surface area (Å²) >= 11 is 0. The first-order valence-corrected chi connectivity index (χ1v) is 7.13. The van der Waals surface area contributed by atoms with Crippen LogP contribution in [-0.4, -0.2) is 18.1 Å². The number of aromatic nitrogens is 1. The van der Waals surface area contributed by atoms with Crippen LogP contribution in [0.2, 0.25) is 0 Å². The van der Waals surface area contributed by atoms with Gasteiger partial charge >= 0.3 is 0 Å². The molecule has 19 heavy (non-hydrogen) atoms. The van der Waals surface area contributed by atoms with Crippen molar-refractivity contribution < 1.29 is 4.74 Å². The third-order valence-electron chi connectivity index (χ3n) is 3.48. The fraction of sp³-hybridized carbons (Fsp3) is 0.438. The lowest BCUT2D eigenvalue weighted by atomic mass is 10.1. The molecule has 0 saturated heterocycles. The van der Waals surface area contributed by atoms with Gasteiger partial charge in [-0.05, 0) is 38.8 Å². The summed E-state index contributed by atoms with van der Waals surface area (Å²) in [7, 11) is 0. The molecule has 1 fully saturated rings. The molecule has 0 atom stereocenters. The van der Waals surface area contributed by atoms with Crippen LogP contribution in [0.5, 0.6) is 5.75 Å². The topological polar surface area (TPSA) is 34.2 Å². The molecule has 2 aromatic rings. The van der Waals surface area contributed by atoms with E-state index in [0.29, 0.717) is 12.5 Å². The Morgan fingerprint density at radius 1 is 1.32 bits per heavy atom. The van der Waals surface area contributed by atoms with E-state index in [1.54, 1.807) is 0 Å². The van der Waals surface area contributed by atoms with Gasteiger partial charge in [-0.25, -0.2) is 4.98 Å². The van der Waals surface area contributed by atoms with Gasteiger partial charge in [0.25, 0.3) is 0 Å². The van der Waals surface area contributed by atoms with Crippen LogP contribution in [0.1, 0.15) is 38.3 Å². The van der Waals surface area contributed by atoms with Crippen LogP contribution in [0.15, 0.2) is 24.3 Å². The van der Waals surface area contributed by atoms with E-state index < -0.39 is 0 Å². The highest BCUT2D eigenvalue weighted by molar-refractivity contribution is 5.95. The first-order chi connectivity index (χ1) is 9.33. The maximum absolute atomic E-state index is 5.72. The minimum Gasteiger partial charge on any atom is -0.492 e. The zero-order valence-corrected chi connectivity index (χ0v) is 11.6. The van der Waals surface area contributed by atoms with Gasteiger partial charge < -0.3 is 10.1 Å². The van der Waals surface area contributed by atoms with Gasteiger partial charge in [0.15, 0.2) is 0 Å². The van der Waals surface area contributed by atoms with Crippen molar-refractivity contribution in [2.75, 3.05) is 18.5 Å². The number of anilines is 1. The maximum atomic E-state index is 5.72. The summed E-state index contributed by atoms with van der Waals surface area (Å²) in [6, 6.07) is 8.36. The molecule has 3 rings (SSSR count). The minimum absolute atomic E-state index is 0.650. The van der Waals surface area contributed by atoms with Gasteiger partial charge in [0.2, 0.25) is 0 Å². The molecule has 0 radical (unpaired) electrons. The molecule has 3 heteroatoms. The van der Waals surface area contributed by atoms with Crippen molar-refractivity contribution in [3.05, 3.63) is 30.0 Å². The monoisotopic (exact) mass is 256 g/mol. The van der Waals surface area contributed by atoms with E-state index in [1.807, 2.05) is 19.1 Å². The molecule has 1 saturated carbocycles. The molecular weight excluding hydrogens is 236 g/mol. The molecule has 1 N–H and O–H groups in total. The molecule has 1 heterocycles. The van der Waals surface area contributed by atoms with Crippen LogP contribution in [0.4, 0.5) is 5.69 Å². The van der Waals surface area contributed by atoms with Gasteiger partial charge in [-0.2, -0.15) is 0 Å². The molecule has 0 aliphatic heterocycles. The summed E-state index contributed by atoms with van der Waals surface area (Å²) in [4.78, 5) is 4.83. The molecule has 0 unspecified atom stereocenters. The fourth-order valence-electron chi connectivity index (χ4n) is 2.44. The van der Waals surface area contributed by atoms with E-state index in [2.05, 4.69) is 24.4 Å². The highest BCUT2D eigenvalue weighted by Gasteiger charge is 2.26. The molecule has 0 spiro atoms. The first-order valence-electron chi connectivity index (χ1n) is 7.13. The van der Waals surface area contributed by atoms with Crippen molar-refractivity contribution >= 4 is 16.6 Å². The molecule has 3 nitrogen and oxygen atoms in total. The summed E-state index contributed by atoms with van der Waals surface area (Å²) in [5, 5.41) is 4.60. The Morgan fingerprint density at radius 3 is 2.84 bits per heavy atom. The van der Waals surface area contributed by atoms with Gasteiger partial charge in [0, 0.05) is 29.2 Å². The van der Waals surface area contributed by atoms with Crippen molar-refractivity contribution in [1.82, 2.24) is 4.98 Å². The number of nitrogens with zero attached hydrogens (tertiary/aromatic N) is 1. The number of hydrogen-bond donors (Lipinski definition) is 1. The number of nitrogens with one attached hydrogen (secondary N) is 1. The second kappa shape index (κ2) is 5.08. The summed E-state index contributed by atoms with van der Waals surface area (Å²) in [5.74, 6) is 1.54. The average molecular weight is 256 g/mol. The van der Waals surface area contributed by atoms with Crippen molar-refractivity contribution in [3.63, 3.8) is 0 Å². The van der Waals surface area contributed by atoms with Crippen LogP contribution < -0.4 is 10.1 Å². The fourth-order valence-corrected chi connectivity index (χ4v) is 2.44. The predicted molar refractivity (Wildman–Crippen MR) is 79.1 cm³/mol. The van der Waals surface area contributed by atoms with Crippen molar-refractivity contribution in [3.8, 4) is 5.75 Å². The van der Waals surface area contributed by atoms with Gasteiger partial charge in [-0.15, -0.1) is 0 Å². The van der Waals surface area contributed by atoms with Gasteiger partial charge in [-0.3, -0.25) is 0 Å². The lowest BCUT2D eigenvalue weighted by Gasteiger charge is -2.13. The van der Waals surface area contributed by atoms with E-state index in [1.165, 1.54) is 24.2 Å². The smallest absolute Gasteiger partial charge is 0.145 e. The quantitative estimate of drug-likeness (QED) is 0.879. The Hall–Kier alpha value is -1.77. The normalized spacial score (nSPS) is 14.6. The Kier molecular flexibility index (Phi) is 3.28. The van der Waals surface area contributed by atoms with E-state index in [4.69, 9.17) is 9.72 Å². The summed E-state index contributed by atoms with van der Waals surface area (Å²) in [6.45, 7) is 5.72. The van der Waals surface area contributed by atoms with Gasteiger partial charge in [0.05, 0.1) is 6.61 Å². The molecule has 1 aliphatic carbocycles. The Bertz CT molecular complexity index is 591. The summed E-state index contributed by atoms with van der Waals surface area (Å²) in [6.07, 6.45) is 2.53. The minimum atomic E-state index is 0.650. The summed E-state index contributed by atoms with van der Waals surface area (Å²) < 4.78 is 5.72. The third-order valence-corrected chi connectivity index (χ3v) is 3.48. The van der Waals surface area contributed by atoms with Crippen LogP contribution in [0.3, 0.4) is 0 Å². The number of para-hydroxylation sites is 1. The van der Waals surface area contributed by atoms with E-state index in [9.17, 15) is 0 Å². The zero-order valence-electron chi connectivity index (χ0n) is 11.6. The number of hydrogen-bond acceptors (Lipinski definition) is 3. The Labute approximate surface area is 114 Å². The second-order valence-electron chi connectivity index (χ2n) is 4.98. The standard InChI is InChI=1S/C16H20N2O/c1-3-17-14-10-13(11-8-9-11)18-16-12(14)6-5-7-15(16)19-4-2/h5-7,10-11H,3-4,8-9H2,1-2H3,(H,17,18). The first kappa shape index (κ1) is 12.3. The van der Waals surface area contributed by atoms with E-state index in [0.717, 1.165) is 23.2 Å². The number of pyridine rings is 1. The maximum Gasteiger partial charge on any atom is 0.145 e. The van der Waals surface area contributed by atoms with Gasteiger partial charge in [-0.1, -0.05) is 12.1 Å². The molecule has 1 aromatic heterocycles. The largest absolute Gasteiger partial charge is 0.492 e. The highest BCUT2D eigenvalue weighted by atomic mass is 16.5. The lowest BCUT2D eigenvalue weighted by molar-refractivity contribution is 0.343. The predicted octanol–water partition coefficient (Wildman–Crippen LogP) is 3.94. The van der Waals surface area contributed by atoms with Crippen LogP contribution >= 0.6 is 0 Å². The lowest BCUT2D eigenvalue weighted by Crippen LogP contribution is -2.02. The number of rotatable bonds is 5. The van der Waals surface area contributed by atoms with Crippen molar-refractivity contribution in [1.29, 1.82) is 0 Å². The Balaban J connectivity index is 2.18. The number of fused-ring (bicyclic) bond motifs is 1. The Morgan fingerprint density at radius 2 is 2.16 bits per heavy atom. The zero-order chi connectivity index (χ0) is 13.2. The average Bonchev–Trinajstić information content (AvgIpc) is 3.24. The van der Waals surface area contributed by atoms with Gasteiger partial charge in [0.1, 0.15) is 11.3 Å².